The normalized spacial score (nSPS) is 19.2. The molecule has 2 nitrogen and oxygen atoms in total. The van der Waals surface area contributed by atoms with Crippen molar-refractivity contribution in [2.75, 3.05) is 25.5 Å². The summed E-state index contributed by atoms with van der Waals surface area (Å²) in [5, 5.41) is 3.48. The maximum Gasteiger partial charge on any atom is 0.0372 e. The summed E-state index contributed by atoms with van der Waals surface area (Å²) in [6.07, 6.45) is 6.84. The molecule has 0 atom stereocenters. The monoisotopic (exact) mass is 244 g/mol. The molecule has 0 saturated heterocycles. The molecule has 1 saturated carbocycles. The summed E-state index contributed by atoms with van der Waals surface area (Å²) in [5.41, 5.74) is 4.33. The molecule has 0 bridgehead atoms. The fourth-order valence-corrected chi connectivity index (χ4v) is 3.12. The third-order valence-electron chi connectivity index (χ3n) is 4.36. The Morgan fingerprint density at radius 1 is 1.28 bits per heavy atom. The second-order valence-electron chi connectivity index (χ2n) is 6.02. The number of nitrogens with one attached hydrogen (secondary N) is 1. The van der Waals surface area contributed by atoms with Crippen LogP contribution >= 0.6 is 0 Å². The van der Waals surface area contributed by atoms with E-state index < -0.39 is 0 Å². The van der Waals surface area contributed by atoms with Crippen LogP contribution in [-0.2, 0) is 13.0 Å². The Morgan fingerprint density at radius 3 is 2.94 bits per heavy atom. The van der Waals surface area contributed by atoms with Gasteiger partial charge in [-0.25, -0.2) is 0 Å². The van der Waals surface area contributed by atoms with Crippen molar-refractivity contribution in [3.05, 3.63) is 29.3 Å². The molecule has 0 amide bonds. The van der Waals surface area contributed by atoms with Crippen LogP contribution in [0, 0.1) is 5.92 Å². The summed E-state index contributed by atoms with van der Waals surface area (Å²) in [6.45, 7) is 3.51. The average molecular weight is 244 g/mol. The fraction of sp³-hybridized carbons (Fsp3) is 0.625. The first-order chi connectivity index (χ1) is 8.81. The van der Waals surface area contributed by atoms with E-state index in [1.165, 1.54) is 55.5 Å². The van der Waals surface area contributed by atoms with Crippen molar-refractivity contribution in [3.8, 4) is 0 Å². The Labute approximate surface area is 110 Å². The molecule has 2 heteroatoms. The zero-order valence-corrected chi connectivity index (χ0v) is 11.4. The van der Waals surface area contributed by atoms with E-state index >= 15 is 0 Å². The van der Waals surface area contributed by atoms with Gasteiger partial charge in [-0.15, -0.1) is 0 Å². The Kier molecular flexibility index (Phi) is 3.55. The molecule has 1 N–H and O–H groups in total. The number of nitrogens with zero attached hydrogens (tertiary/aromatic N) is 1. The largest absolute Gasteiger partial charge is 0.385 e. The molecule has 0 aromatic heterocycles. The van der Waals surface area contributed by atoms with Crippen LogP contribution in [0.2, 0.25) is 0 Å². The highest BCUT2D eigenvalue weighted by Gasteiger charge is 2.19. The number of hydrogen-bond donors (Lipinski definition) is 1. The minimum Gasteiger partial charge on any atom is -0.385 e. The molecule has 0 unspecified atom stereocenters. The Hall–Kier alpha value is -1.02. The van der Waals surface area contributed by atoms with Gasteiger partial charge in [0.1, 0.15) is 0 Å². The molecule has 1 heterocycles. The fourth-order valence-electron chi connectivity index (χ4n) is 3.12. The van der Waals surface area contributed by atoms with Gasteiger partial charge in [0.2, 0.25) is 0 Å². The number of rotatable bonds is 4. The van der Waals surface area contributed by atoms with Gasteiger partial charge in [0.05, 0.1) is 0 Å². The highest BCUT2D eigenvalue weighted by Crippen LogP contribution is 2.28. The van der Waals surface area contributed by atoms with Crippen molar-refractivity contribution in [3.63, 3.8) is 0 Å². The van der Waals surface area contributed by atoms with Gasteiger partial charge in [0.25, 0.3) is 0 Å². The van der Waals surface area contributed by atoms with Crippen LogP contribution in [0.15, 0.2) is 18.2 Å². The van der Waals surface area contributed by atoms with Gasteiger partial charge in [-0.3, -0.25) is 0 Å². The lowest BCUT2D eigenvalue weighted by Gasteiger charge is -2.30. The molecule has 18 heavy (non-hydrogen) atoms. The van der Waals surface area contributed by atoms with Crippen molar-refractivity contribution in [1.29, 1.82) is 0 Å². The van der Waals surface area contributed by atoms with Gasteiger partial charge in [0, 0.05) is 25.3 Å². The van der Waals surface area contributed by atoms with Gasteiger partial charge in [-0.05, 0) is 55.8 Å². The van der Waals surface area contributed by atoms with E-state index in [-0.39, 0.29) is 0 Å². The minimum absolute atomic E-state index is 0.967. The lowest BCUT2D eigenvalue weighted by atomic mass is 9.85. The van der Waals surface area contributed by atoms with E-state index in [1.807, 2.05) is 0 Å². The maximum absolute atomic E-state index is 3.48. The summed E-state index contributed by atoms with van der Waals surface area (Å²) in [5.74, 6) is 0.967. The van der Waals surface area contributed by atoms with Crippen LogP contribution in [0.5, 0.6) is 0 Å². The van der Waals surface area contributed by atoms with Crippen molar-refractivity contribution in [2.24, 2.45) is 5.92 Å². The van der Waals surface area contributed by atoms with Crippen LogP contribution in [0.1, 0.15) is 36.8 Å². The smallest absolute Gasteiger partial charge is 0.0372 e. The van der Waals surface area contributed by atoms with E-state index in [2.05, 4.69) is 35.5 Å². The topological polar surface area (TPSA) is 15.3 Å². The van der Waals surface area contributed by atoms with Crippen LogP contribution < -0.4 is 5.32 Å². The molecule has 98 valence electrons. The lowest BCUT2D eigenvalue weighted by Crippen LogP contribution is -2.29. The van der Waals surface area contributed by atoms with Gasteiger partial charge in [-0.1, -0.05) is 18.6 Å². The second-order valence-corrected chi connectivity index (χ2v) is 6.02. The van der Waals surface area contributed by atoms with Crippen LogP contribution in [0.4, 0.5) is 5.69 Å². The third kappa shape index (κ3) is 2.69. The van der Waals surface area contributed by atoms with Crippen molar-refractivity contribution in [2.45, 2.75) is 38.6 Å². The minimum atomic E-state index is 0.967. The first kappa shape index (κ1) is 12.0. The summed E-state index contributed by atoms with van der Waals surface area (Å²) in [6, 6.07) is 6.95. The predicted molar refractivity (Wildman–Crippen MR) is 76.9 cm³/mol. The molecule has 1 aliphatic heterocycles. The zero-order chi connectivity index (χ0) is 12.4. The molecular weight excluding hydrogens is 220 g/mol. The maximum atomic E-state index is 3.48. The van der Waals surface area contributed by atoms with Gasteiger partial charge < -0.3 is 10.2 Å². The number of fused-ring (bicyclic) bond motifs is 1. The molecular formula is C16H24N2. The molecule has 1 aromatic rings. The molecule has 2 aliphatic rings. The highest BCUT2D eigenvalue weighted by atomic mass is 15.1. The summed E-state index contributed by atoms with van der Waals surface area (Å²) in [4.78, 5) is 2.49. The van der Waals surface area contributed by atoms with Crippen LogP contribution in [0.3, 0.4) is 0 Å². The van der Waals surface area contributed by atoms with E-state index in [1.54, 1.807) is 0 Å². The highest BCUT2D eigenvalue weighted by molar-refractivity contribution is 5.54. The summed E-state index contributed by atoms with van der Waals surface area (Å²) in [7, 11) is 2.26. The first-order valence-electron chi connectivity index (χ1n) is 7.35. The van der Waals surface area contributed by atoms with E-state index in [9.17, 15) is 0 Å². The Bertz CT molecular complexity index is 410. The number of hydrogen-bond acceptors (Lipinski definition) is 2. The van der Waals surface area contributed by atoms with Crippen LogP contribution in [-0.4, -0.2) is 25.0 Å². The predicted octanol–water partition coefficient (Wildman–Crippen LogP) is 3.28. The Balaban J connectivity index is 1.61. The van der Waals surface area contributed by atoms with Crippen molar-refractivity contribution < 1.29 is 0 Å². The summed E-state index contributed by atoms with van der Waals surface area (Å²) < 4.78 is 0. The molecule has 1 aliphatic carbocycles. The first-order valence-corrected chi connectivity index (χ1v) is 7.35. The molecule has 3 rings (SSSR count). The second kappa shape index (κ2) is 5.31. The Morgan fingerprint density at radius 2 is 2.17 bits per heavy atom. The van der Waals surface area contributed by atoms with Crippen molar-refractivity contribution in [1.82, 2.24) is 4.90 Å². The molecule has 1 fully saturated rings. The van der Waals surface area contributed by atoms with Gasteiger partial charge >= 0.3 is 0 Å². The van der Waals surface area contributed by atoms with Crippen molar-refractivity contribution >= 4 is 5.69 Å². The molecule has 0 radical (unpaired) electrons. The van der Waals surface area contributed by atoms with Gasteiger partial charge in [-0.2, -0.15) is 0 Å². The quantitative estimate of drug-likeness (QED) is 0.874. The molecule has 1 aromatic carbocycles. The van der Waals surface area contributed by atoms with E-state index in [4.69, 9.17) is 0 Å². The average Bonchev–Trinajstić information content (AvgIpc) is 2.34. The number of aryl methyl sites for hydroxylation is 1. The standard InChI is InChI=1S/C16H24N2/c1-18(11-13-4-2-5-13)12-14-7-8-16-15(10-14)6-3-9-17-16/h7-8,10,13,17H,2-6,9,11-12H2,1H3. The van der Waals surface area contributed by atoms with Gasteiger partial charge in [0.15, 0.2) is 0 Å². The lowest BCUT2D eigenvalue weighted by molar-refractivity contribution is 0.200. The molecule has 0 spiro atoms. The third-order valence-corrected chi connectivity index (χ3v) is 4.36. The number of benzene rings is 1. The van der Waals surface area contributed by atoms with E-state index in [0.717, 1.165) is 19.0 Å². The van der Waals surface area contributed by atoms with Crippen LogP contribution in [0.25, 0.3) is 0 Å². The summed E-state index contributed by atoms with van der Waals surface area (Å²) >= 11 is 0. The van der Waals surface area contributed by atoms with E-state index in [0.29, 0.717) is 0 Å². The zero-order valence-electron chi connectivity index (χ0n) is 11.4. The number of anilines is 1. The SMILES string of the molecule is CN(Cc1ccc2c(c1)CCCN2)CC1CCC1.